The van der Waals surface area contributed by atoms with Crippen LogP contribution in [0.15, 0.2) is 34.5 Å². The molecule has 1 atom stereocenters. The summed E-state index contributed by atoms with van der Waals surface area (Å²) in [4.78, 5) is 32.9. The molecule has 0 saturated carbocycles. The quantitative estimate of drug-likeness (QED) is 0.341. The molecular weight excluding hydrogens is 266 g/mol. The molecule has 0 saturated heterocycles. The van der Waals surface area contributed by atoms with E-state index in [4.69, 9.17) is 0 Å². The van der Waals surface area contributed by atoms with Gasteiger partial charge in [-0.3, -0.25) is 19.7 Å². The molecule has 0 aromatic heterocycles. The third kappa shape index (κ3) is 2.83. The van der Waals surface area contributed by atoms with E-state index in [-0.39, 0.29) is 11.3 Å². The maximum atomic E-state index is 11.6. The molecule has 2 amide bonds. The summed E-state index contributed by atoms with van der Waals surface area (Å²) in [5.41, 5.74) is 4.34. The van der Waals surface area contributed by atoms with Crippen molar-refractivity contribution < 1.29 is 14.5 Å². The molecule has 2 N–H and O–H groups in total. The molecule has 1 aromatic carbocycles. The number of nitro benzene ring substituents is 1. The Balaban J connectivity index is 2.04. The normalized spacial score (nSPS) is 17.2. The number of benzene rings is 1. The van der Waals surface area contributed by atoms with Gasteiger partial charge in [-0.25, -0.2) is 10.9 Å². The number of carbonyl (C=O) groups excluding carboxylic acids is 2. The van der Waals surface area contributed by atoms with Crippen LogP contribution in [0, 0.1) is 16.0 Å². The third-order valence-corrected chi connectivity index (χ3v) is 2.48. The number of rotatable bonds is 4. The van der Waals surface area contributed by atoms with Gasteiger partial charge in [0.15, 0.2) is 5.92 Å². The Morgan fingerprint density at radius 1 is 1.50 bits per heavy atom. The second-order valence-electron chi connectivity index (χ2n) is 3.78. The van der Waals surface area contributed by atoms with E-state index >= 15 is 0 Å². The van der Waals surface area contributed by atoms with Crippen molar-refractivity contribution >= 4 is 29.9 Å². The highest BCUT2D eigenvalue weighted by molar-refractivity contribution is 6.15. The zero-order valence-electron chi connectivity index (χ0n) is 10.0. The Bertz CT molecular complexity index is 625. The number of hydrazone groups is 2. The molecular formula is C11H9N5O4. The fourth-order valence-corrected chi connectivity index (χ4v) is 1.50. The first-order valence-corrected chi connectivity index (χ1v) is 5.49. The number of nitrogens with one attached hydrogen (secondary N) is 2. The minimum absolute atomic E-state index is 0.134. The van der Waals surface area contributed by atoms with E-state index in [1.807, 2.05) is 0 Å². The second-order valence-corrected chi connectivity index (χ2v) is 3.78. The average Bonchev–Trinajstić information content (AvgIpc) is 2.85. The molecule has 9 heteroatoms. The summed E-state index contributed by atoms with van der Waals surface area (Å²) in [6, 6.07) is 5.93. The van der Waals surface area contributed by atoms with Crippen molar-refractivity contribution in [3.63, 3.8) is 0 Å². The van der Waals surface area contributed by atoms with E-state index in [9.17, 15) is 19.7 Å². The summed E-state index contributed by atoms with van der Waals surface area (Å²) in [5.74, 6) is -2.26. The monoisotopic (exact) mass is 275 g/mol. The summed E-state index contributed by atoms with van der Waals surface area (Å²) in [6.07, 6.45) is 2.29. The summed E-state index contributed by atoms with van der Waals surface area (Å²) in [7, 11) is 0. The largest absolute Gasteiger partial charge is 0.278 e. The van der Waals surface area contributed by atoms with Crippen LogP contribution < -0.4 is 10.9 Å². The molecule has 0 aliphatic carbocycles. The van der Waals surface area contributed by atoms with Crippen LogP contribution in [-0.4, -0.2) is 29.2 Å². The van der Waals surface area contributed by atoms with Crippen molar-refractivity contribution in [3.05, 3.63) is 39.9 Å². The van der Waals surface area contributed by atoms with Crippen LogP contribution in [-0.2, 0) is 9.59 Å². The lowest BCUT2D eigenvalue weighted by Crippen LogP contribution is -2.34. The van der Waals surface area contributed by atoms with Gasteiger partial charge in [-0.05, 0) is 6.07 Å². The van der Waals surface area contributed by atoms with Crippen LogP contribution in [0.1, 0.15) is 5.56 Å². The van der Waals surface area contributed by atoms with Gasteiger partial charge in [0.05, 0.1) is 16.7 Å². The van der Waals surface area contributed by atoms with Crippen molar-refractivity contribution in [1.82, 2.24) is 10.9 Å². The summed E-state index contributed by atoms with van der Waals surface area (Å²) in [6.45, 7) is 0. The zero-order valence-corrected chi connectivity index (χ0v) is 10.0. The van der Waals surface area contributed by atoms with E-state index in [0.29, 0.717) is 0 Å². The van der Waals surface area contributed by atoms with Gasteiger partial charge in [-0.1, -0.05) is 12.1 Å². The summed E-state index contributed by atoms with van der Waals surface area (Å²) >= 11 is 0. The van der Waals surface area contributed by atoms with Gasteiger partial charge in [0.2, 0.25) is 0 Å². The topological polar surface area (TPSA) is 126 Å². The average molecular weight is 275 g/mol. The maximum Gasteiger partial charge on any atom is 0.278 e. The molecule has 9 nitrogen and oxygen atoms in total. The van der Waals surface area contributed by atoms with Crippen LogP contribution in [0.5, 0.6) is 0 Å². The number of hydrogen-bond donors (Lipinski definition) is 2. The predicted molar refractivity (Wildman–Crippen MR) is 69.0 cm³/mol. The highest BCUT2D eigenvalue weighted by atomic mass is 16.6. The number of amides is 2. The molecule has 2 rings (SSSR count). The number of nitrogens with zero attached hydrogens (tertiary/aromatic N) is 3. The van der Waals surface area contributed by atoms with Crippen molar-refractivity contribution in [2.45, 2.75) is 0 Å². The van der Waals surface area contributed by atoms with Gasteiger partial charge in [0, 0.05) is 12.3 Å². The lowest BCUT2D eigenvalue weighted by atomic mass is 10.1. The van der Waals surface area contributed by atoms with Gasteiger partial charge >= 0.3 is 0 Å². The Labute approximate surface area is 112 Å². The van der Waals surface area contributed by atoms with Crippen LogP contribution in [0.4, 0.5) is 5.69 Å². The Morgan fingerprint density at radius 2 is 2.25 bits per heavy atom. The molecule has 20 heavy (non-hydrogen) atoms. The molecule has 1 aliphatic rings. The standard InChI is InChI=1S/C11H9N5O4/c17-10(8-6-13-15-11(8)18)14-12-5-7-3-1-2-4-9(7)16(19)20/h1-6,8H,(H,14,17)(H,15,18)/b12-5+. The third-order valence-electron chi connectivity index (χ3n) is 2.48. The van der Waals surface area contributed by atoms with Crippen molar-refractivity contribution in [2.75, 3.05) is 0 Å². The Morgan fingerprint density at radius 3 is 2.90 bits per heavy atom. The number of carbonyl (C=O) groups is 2. The number of nitro groups is 1. The van der Waals surface area contributed by atoms with Crippen molar-refractivity contribution in [1.29, 1.82) is 0 Å². The summed E-state index contributed by atoms with van der Waals surface area (Å²) < 4.78 is 0. The molecule has 0 spiro atoms. The van der Waals surface area contributed by atoms with Gasteiger partial charge in [0.25, 0.3) is 17.5 Å². The van der Waals surface area contributed by atoms with E-state index < -0.39 is 22.7 Å². The van der Waals surface area contributed by atoms with Gasteiger partial charge in [-0.2, -0.15) is 10.2 Å². The highest BCUT2D eigenvalue weighted by Crippen LogP contribution is 2.15. The van der Waals surface area contributed by atoms with E-state index in [2.05, 4.69) is 21.1 Å². The molecule has 0 bridgehead atoms. The fourth-order valence-electron chi connectivity index (χ4n) is 1.50. The van der Waals surface area contributed by atoms with E-state index in [0.717, 1.165) is 12.4 Å². The first kappa shape index (κ1) is 13.3. The highest BCUT2D eigenvalue weighted by Gasteiger charge is 2.28. The first-order chi connectivity index (χ1) is 9.59. The second kappa shape index (κ2) is 5.69. The van der Waals surface area contributed by atoms with Crippen LogP contribution in [0.25, 0.3) is 0 Å². The molecule has 1 aliphatic heterocycles. The van der Waals surface area contributed by atoms with E-state index in [1.165, 1.54) is 18.2 Å². The van der Waals surface area contributed by atoms with Gasteiger partial charge in [0.1, 0.15) is 0 Å². The minimum Gasteiger partial charge on any atom is -0.272 e. The summed E-state index contributed by atoms with van der Waals surface area (Å²) in [5, 5.41) is 17.8. The number of para-hydroxylation sites is 1. The smallest absolute Gasteiger partial charge is 0.272 e. The Kier molecular flexibility index (Phi) is 3.80. The van der Waals surface area contributed by atoms with Crippen LogP contribution in [0.3, 0.4) is 0 Å². The molecule has 0 fully saturated rings. The lowest BCUT2D eigenvalue weighted by molar-refractivity contribution is -0.385. The lowest BCUT2D eigenvalue weighted by Gasteiger charge is -2.02. The van der Waals surface area contributed by atoms with Crippen LogP contribution in [0.2, 0.25) is 0 Å². The van der Waals surface area contributed by atoms with E-state index in [1.54, 1.807) is 6.07 Å². The minimum atomic E-state index is -1.04. The molecule has 0 radical (unpaired) electrons. The maximum absolute atomic E-state index is 11.6. The Hall–Kier alpha value is -3.10. The molecule has 102 valence electrons. The fraction of sp³-hybridized carbons (Fsp3) is 0.0909. The van der Waals surface area contributed by atoms with Crippen molar-refractivity contribution in [2.24, 2.45) is 16.1 Å². The SMILES string of the molecule is O=C1NN=CC1C(=O)N/N=C/c1ccccc1[N+](=O)[O-]. The number of hydrogen-bond acceptors (Lipinski definition) is 6. The van der Waals surface area contributed by atoms with Crippen LogP contribution >= 0.6 is 0 Å². The first-order valence-electron chi connectivity index (χ1n) is 5.49. The predicted octanol–water partition coefficient (Wildman–Crippen LogP) is -0.223. The van der Waals surface area contributed by atoms with Gasteiger partial charge < -0.3 is 0 Å². The van der Waals surface area contributed by atoms with Crippen molar-refractivity contribution in [3.8, 4) is 0 Å². The molecule has 1 aromatic rings. The van der Waals surface area contributed by atoms with Gasteiger partial charge in [-0.15, -0.1) is 0 Å². The zero-order chi connectivity index (χ0) is 14.5. The molecule has 1 heterocycles. The molecule has 1 unspecified atom stereocenters.